The first kappa shape index (κ1) is 12.9. The van der Waals surface area contributed by atoms with Gasteiger partial charge in [0.2, 0.25) is 0 Å². The molecule has 5 heteroatoms. The van der Waals surface area contributed by atoms with Crippen LogP contribution in [0, 0.1) is 6.92 Å². The third kappa shape index (κ3) is 2.35. The van der Waals surface area contributed by atoms with Gasteiger partial charge in [-0.3, -0.25) is 9.36 Å². The lowest BCUT2D eigenvalue weighted by atomic mass is 10.1. The third-order valence-electron chi connectivity index (χ3n) is 2.85. The fourth-order valence-corrected chi connectivity index (χ4v) is 1.85. The molecule has 2 aromatic rings. The van der Waals surface area contributed by atoms with Crippen LogP contribution in [0.15, 0.2) is 41.3 Å². The van der Waals surface area contributed by atoms with Crippen molar-refractivity contribution < 1.29 is 14.6 Å². The number of methoxy groups -OCH3 is 1. The van der Waals surface area contributed by atoms with Gasteiger partial charge in [0.1, 0.15) is 11.3 Å². The van der Waals surface area contributed by atoms with Crippen LogP contribution in [0.2, 0.25) is 0 Å². The van der Waals surface area contributed by atoms with Gasteiger partial charge in [-0.05, 0) is 30.7 Å². The van der Waals surface area contributed by atoms with Crippen molar-refractivity contribution in [2.75, 3.05) is 7.11 Å². The largest absolute Gasteiger partial charge is 0.497 e. The van der Waals surface area contributed by atoms with Crippen LogP contribution in [0.25, 0.3) is 5.69 Å². The number of ether oxygens (including phenoxy) is 1. The van der Waals surface area contributed by atoms with Gasteiger partial charge in [0.15, 0.2) is 0 Å². The first-order valence-electron chi connectivity index (χ1n) is 5.64. The van der Waals surface area contributed by atoms with Crippen LogP contribution in [0.1, 0.15) is 15.9 Å². The molecule has 1 heterocycles. The Morgan fingerprint density at radius 1 is 1.32 bits per heavy atom. The predicted octanol–water partition coefficient (Wildman–Crippen LogP) is 1.85. The first-order valence-corrected chi connectivity index (χ1v) is 5.64. The van der Waals surface area contributed by atoms with Gasteiger partial charge < -0.3 is 9.84 Å². The van der Waals surface area contributed by atoms with Crippen molar-refractivity contribution in [3.05, 3.63) is 58.0 Å². The number of pyridine rings is 1. The molecule has 0 bridgehead atoms. The smallest absolute Gasteiger partial charge is 0.341 e. The summed E-state index contributed by atoms with van der Waals surface area (Å²) in [7, 11) is 1.53. The summed E-state index contributed by atoms with van der Waals surface area (Å²) >= 11 is 0. The van der Waals surface area contributed by atoms with Crippen molar-refractivity contribution in [1.29, 1.82) is 0 Å². The number of carbonyl (C=O) groups is 1. The zero-order valence-electron chi connectivity index (χ0n) is 10.6. The van der Waals surface area contributed by atoms with Crippen molar-refractivity contribution in [3.8, 4) is 11.4 Å². The zero-order chi connectivity index (χ0) is 14.0. The van der Waals surface area contributed by atoms with E-state index in [9.17, 15) is 9.59 Å². The Morgan fingerprint density at radius 2 is 2.05 bits per heavy atom. The van der Waals surface area contributed by atoms with Gasteiger partial charge in [0.25, 0.3) is 5.56 Å². The van der Waals surface area contributed by atoms with Crippen molar-refractivity contribution in [1.82, 2.24) is 4.57 Å². The van der Waals surface area contributed by atoms with Crippen molar-refractivity contribution in [2.24, 2.45) is 0 Å². The highest BCUT2D eigenvalue weighted by molar-refractivity contribution is 5.88. The molecule has 0 aliphatic heterocycles. The maximum Gasteiger partial charge on any atom is 0.341 e. The summed E-state index contributed by atoms with van der Waals surface area (Å²) in [4.78, 5) is 23.3. The molecule has 0 aliphatic carbocycles. The summed E-state index contributed by atoms with van der Waals surface area (Å²) in [5, 5.41) is 9.08. The molecule has 0 saturated heterocycles. The Labute approximate surface area is 109 Å². The second-order valence-corrected chi connectivity index (χ2v) is 4.06. The number of rotatable bonds is 3. The molecule has 0 atom stereocenters. The Bertz CT molecular complexity index is 688. The number of carboxylic acids is 1. The normalized spacial score (nSPS) is 10.2. The molecule has 1 aromatic carbocycles. The lowest BCUT2D eigenvalue weighted by molar-refractivity contribution is 0.0694. The molecule has 1 N–H and O–H groups in total. The summed E-state index contributed by atoms with van der Waals surface area (Å²) in [5.41, 5.74) is 0.231. The third-order valence-corrected chi connectivity index (χ3v) is 2.85. The summed E-state index contributed by atoms with van der Waals surface area (Å²) in [6.07, 6.45) is 1.55. The molecule has 0 saturated carbocycles. The molecule has 5 nitrogen and oxygen atoms in total. The Hall–Kier alpha value is -2.56. The van der Waals surface area contributed by atoms with Crippen molar-refractivity contribution >= 4 is 5.97 Å². The van der Waals surface area contributed by atoms with Crippen LogP contribution in [-0.2, 0) is 0 Å². The lowest BCUT2D eigenvalue weighted by Crippen LogP contribution is -2.26. The van der Waals surface area contributed by atoms with Gasteiger partial charge in [-0.1, -0.05) is 6.07 Å². The van der Waals surface area contributed by atoms with Crippen molar-refractivity contribution in [3.63, 3.8) is 0 Å². The molecule has 0 amide bonds. The number of nitrogens with zero attached hydrogens (tertiary/aromatic N) is 1. The Balaban J connectivity index is 2.66. The minimum atomic E-state index is -1.22. The van der Waals surface area contributed by atoms with Crippen LogP contribution in [0.5, 0.6) is 5.75 Å². The number of carboxylic acid groups (broad SMARTS) is 1. The van der Waals surface area contributed by atoms with Gasteiger partial charge >= 0.3 is 5.97 Å². The molecule has 0 radical (unpaired) electrons. The quantitative estimate of drug-likeness (QED) is 0.913. The van der Waals surface area contributed by atoms with E-state index >= 15 is 0 Å². The lowest BCUT2D eigenvalue weighted by Gasteiger charge is -2.09. The van der Waals surface area contributed by atoms with E-state index in [1.54, 1.807) is 43.5 Å². The van der Waals surface area contributed by atoms with Crippen LogP contribution in [0.3, 0.4) is 0 Å². The SMILES string of the molecule is COc1cccc(-n2ccc(C)c(C(=O)O)c2=O)c1. The van der Waals surface area contributed by atoms with E-state index < -0.39 is 11.5 Å². The minimum Gasteiger partial charge on any atom is -0.497 e. The summed E-state index contributed by atoms with van der Waals surface area (Å²) < 4.78 is 6.38. The molecule has 0 fully saturated rings. The molecule has 0 unspecified atom stereocenters. The van der Waals surface area contributed by atoms with E-state index in [4.69, 9.17) is 9.84 Å². The summed E-state index contributed by atoms with van der Waals surface area (Å²) in [6.45, 7) is 1.60. The maximum atomic E-state index is 12.2. The minimum absolute atomic E-state index is 0.217. The highest BCUT2D eigenvalue weighted by Crippen LogP contribution is 2.15. The second-order valence-electron chi connectivity index (χ2n) is 4.06. The molecular formula is C14H13NO4. The fourth-order valence-electron chi connectivity index (χ4n) is 1.85. The van der Waals surface area contributed by atoms with Gasteiger partial charge in [-0.15, -0.1) is 0 Å². The number of hydrogen-bond acceptors (Lipinski definition) is 3. The van der Waals surface area contributed by atoms with Crippen LogP contribution in [0.4, 0.5) is 0 Å². The number of aromatic nitrogens is 1. The fraction of sp³-hybridized carbons (Fsp3) is 0.143. The Kier molecular flexibility index (Phi) is 3.37. The standard InChI is InChI=1S/C14H13NO4/c1-9-6-7-15(13(16)12(9)14(17)18)10-4-3-5-11(8-10)19-2/h3-8H,1-2H3,(H,17,18). The van der Waals surface area contributed by atoms with E-state index in [2.05, 4.69) is 0 Å². The van der Waals surface area contributed by atoms with E-state index in [1.807, 2.05) is 0 Å². The van der Waals surface area contributed by atoms with Gasteiger partial charge in [0.05, 0.1) is 12.8 Å². The van der Waals surface area contributed by atoms with Gasteiger partial charge in [0, 0.05) is 12.3 Å². The number of benzene rings is 1. The summed E-state index contributed by atoms with van der Waals surface area (Å²) in [5.74, 6) is -0.624. The van der Waals surface area contributed by atoms with E-state index in [-0.39, 0.29) is 5.56 Å². The van der Waals surface area contributed by atoms with E-state index in [1.165, 1.54) is 11.7 Å². The molecule has 0 spiro atoms. The van der Waals surface area contributed by atoms with E-state index in [0.29, 0.717) is 17.0 Å². The average molecular weight is 259 g/mol. The van der Waals surface area contributed by atoms with Gasteiger partial charge in [-0.2, -0.15) is 0 Å². The van der Waals surface area contributed by atoms with Crippen LogP contribution in [-0.4, -0.2) is 22.8 Å². The second kappa shape index (κ2) is 4.97. The highest BCUT2D eigenvalue weighted by Gasteiger charge is 2.15. The maximum absolute atomic E-state index is 12.2. The number of hydrogen-bond donors (Lipinski definition) is 1. The Morgan fingerprint density at radius 3 is 2.68 bits per heavy atom. The number of aryl methyl sites for hydroxylation is 1. The van der Waals surface area contributed by atoms with E-state index in [0.717, 1.165) is 0 Å². The first-order chi connectivity index (χ1) is 9.04. The van der Waals surface area contributed by atoms with Crippen LogP contribution >= 0.6 is 0 Å². The topological polar surface area (TPSA) is 68.5 Å². The summed E-state index contributed by atoms with van der Waals surface area (Å²) in [6, 6.07) is 8.47. The monoisotopic (exact) mass is 259 g/mol. The molecule has 98 valence electrons. The average Bonchev–Trinajstić information content (AvgIpc) is 2.38. The molecule has 1 aromatic heterocycles. The molecule has 2 rings (SSSR count). The van der Waals surface area contributed by atoms with Crippen molar-refractivity contribution in [2.45, 2.75) is 6.92 Å². The molecule has 0 aliphatic rings. The molecule has 19 heavy (non-hydrogen) atoms. The number of aromatic carboxylic acids is 1. The predicted molar refractivity (Wildman–Crippen MR) is 70.3 cm³/mol. The van der Waals surface area contributed by atoms with Gasteiger partial charge in [-0.25, -0.2) is 4.79 Å². The zero-order valence-corrected chi connectivity index (χ0v) is 10.6. The highest BCUT2D eigenvalue weighted by atomic mass is 16.5. The molecular weight excluding hydrogens is 246 g/mol. The van der Waals surface area contributed by atoms with Crippen LogP contribution < -0.4 is 10.3 Å².